The molecule has 1 saturated heterocycles. The second-order valence-electron chi connectivity index (χ2n) is 8.75. The number of fused-ring (bicyclic) bond motifs is 8. The molecule has 3 heterocycles. The van der Waals surface area contributed by atoms with Gasteiger partial charge in [-0.3, -0.25) is 15.0 Å². The van der Waals surface area contributed by atoms with Crippen molar-refractivity contribution in [3.8, 4) is 11.5 Å². The van der Waals surface area contributed by atoms with Crippen LogP contribution in [0.15, 0.2) is 48.0 Å². The maximum atomic E-state index is 12.8. The summed E-state index contributed by atoms with van der Waals surface area (Å²) >= 11 is 0. The molecule has 2 aromatic carbocycles. The topological polar surface area (TPSA) is 100 Å². The first kappa shape index (κ1) is 20.2. The Kier molecular flexibility index (Phi) is 4.63. The predicted octanol–water partition coefficient (Wildman–Crippen LogP) is 3.18. The number of esters is 1. The van der Waals surface area contributed by atoms with Crippen molar-refractivity contribution in [2.24, 2.45) is 0 Å². The summed E-state index contributed by atoms with van der Waals surface area (Å²) in [6.45, 7) is 1.98. The lowest BCUT2D eigenvalue weighted by Crippen LogP contribution is -2.42. The average molecular weight is 450 g/mol. The van der Waals surface area contributed by atoms with Crippen LogP contribution in [0.1, 0.15) is 33.8 Å². The first-order valence-corrected chi connectivity index (χ1v) is 10.9. The summed E-state index contributed by atoms with van der Waals surface area (Å²) < 4.78 is 22.7. The minimum atomic E-state index is -0.540. The fourth-order valence-electron chi connectivity index (χ4n) is 5.46. The van der Waals surface area contributed by atoms with Crippen LogP contribution >= 0.6 is 0 Å². The Balaban J connectivity index is 1.29. The molecule has 0 spiro atoms. The highest BCUT2D eigenvalue weighted by Crippen LogP contribution is 2.50. The van der Waals surface area contributed by atoms with Crippen LogP contribution in [0.25, 0.3) is 0 Å². The number of nitro benzene ring substituents is 1. The van der Waals surface area contributed by atoms with Crippen molar-refractivity contribution < 1.29 is 28.7 Å². The zero-order valence-electron chi connectivity index (χ0n) is 17.9. The molecule has 2 bridgehead atoms. The van der Waals surface area contributed by atoms with Crippen molar-refractivity contribution in [1.29, 1.82) is 0 Å². The standard InChI is InChI=1S/C24H22N2O7/c1-30-20-9-19-17(8-23(20)33-24(27)13-2-4-15(5-3-13)26(28)29)18-11-25(19)10-14-6-21-22(7-16(14)18)32-12-31-21/h2-8,18-20,23H,9-12H2,1H3/t18-,19-,20-,23-/m0/s1. The van der Waals surface area contributed by atoms with Gasteiger partial charge in [0.25, 0.3) is 5.69 Å². The fraction of sp³-hybridized carbons (Fsp3) is 0.375. The van der Waals surface area contributed by atoms with Crippen molar-refractivity contribution in [2.45, 2.75) is 37.1 Å². The van der Waals surface area contributed by atoms with Crippen molar-refractivity contribution in [3.63, 3.8) is 0 Å². The second-order valence-corrected chi connectivity index (χ2v) is 8.75. The molecule has 0 radical (unpaired) electrons. The largest absolute Gasteiger partial charge is 0.454 e. The third-order valence-corrected chi connectivity index (χ3v) is 7.07. The number of methoxy groups -OCH3 is 1. The number of rotatable bonds is 4. The van der Waals surface area contributed by atoms with E-state index in [4.69, 9.17) is 18.9 Å². The van der Waals surface area contributed by atoms with Crippen LogP contribution in [-0.4, -0.2) is 54.5 Å². The molecule has 1 unspecified atom stereocenters. The van der Waals surface area contributed by atoms with Gasteiger partial charge in [-0.25, -0.2) is 4.79 Å². The number of ether oxygens (including phenoxy) is 4. The number of carbonyl (C=O) groups is 1. The number of nitrogens with zero attached hydrogens (tertiary/aromatic N) is 2. The molecule has 1 aliphatic carbocycles. The fourth-order valence-corrected chi connectivity index (χ4v) is 5.46. The molecule has 0 saturated carbocycles. The molecule has 9 nitrogen and oxygen atoms in total. The van der Waals surface area contributed by atoms with E-state index < -0.39 is 17.0 Å². The number of benzene rings is 2. The highest BCUT2D eigenvalue weighted by atomic mass is 16.7. The summed E-state index contributed by atoms with van der Waals surface area (Å²) in [4.78, 5) is 25.6. The van der Waals surface area contributed by atoms with Gasteiger partial charge in [-0.1, -0.05) is 0 Å². The quantitative estimate of drug-likeness (QED) is 0.303. The zero-order chi connectivity index (χ0) is 22.7. The zero-order valence-corrected chi connectivity index (χ0v) is 17.9. The Hall–Kier alpha value is -3.43. The number of hydrogen-bond donors (Lipinski definition) is 0. The highest BCUT2D eigenvalue weighted by Gasteiger charge is 2.47. The third kappa shape index (κ3) is 3.27. The molecule has 3 aliphatic heterocycles. The third-order valence-electron chi connectivity index (χ3n) is 7.07. The summed E-state index contributed by atoms with van der Waals surface area (Å²) in [5, 5.41) is 10.9. The summed E-state index contributed by atoms with van der Waals surface area (Å²) in [6, 6.07) is 9.81. The molecule has 0 amide bonds. The van der Waals surface area contributed by atoms with Crippen LogP contribution in [-0.2, 0) is 16.0 Å². The lowest BCUT2D eigenvalue weighted by molar-refractivity contribution is -0.384. The van der Waals surface area contributed by atoms with E-state index in [-0.39, 0.29) is 36.1 Å². The van der Waals surface area contributed by atoms with E-state index in [2.05, 4.69) is 17.0 Å². The molecular weight excluding hydrogens is 428 g/mol. The van der Waals surface area contributed by atoms with Gasteiger partial charge in [0.2, 0.25) is 6.79 Å². The Morgan fingerprint density at radius 2 is 1.94 bits per heavy atom. The van der Waals surface area contributed by atoms with E-state index in [1.165, 1.54) is 41.0 Å². The molecule has 33 heavy (non-hydrogen) atoms. The highest BCUT2D eigenvalue weighted by molar-refractivity contribution is 5.89. The number of carbonyl (C=O) groups excluding carboxylic acids is 1. The molecule has 9 heteroatoms. The monoisotopic (exact) mass is 450 g/mol. The Morgan fingerprint density at radius 3 is 2.67 bits per heavy atom. The SMILES string of the molecule is CO[C@H]1C[C@H]2C(=C[C@@H]1OC(=O)c1ccc([N+](=O)[O-])cc1)[C@H]1CN2Cc2cc3c(cc21)OCO3. The van der Waals surface area contributed by atoms with Crippen LogP contribution in [0.2, 0.25) is 0 Å². The van der Waals surface area contributed by atoms with Crippen LogP contribution < -0.4 is 9.47 Å². The summed E-state index contributed by atoms with van der Waals surface area (Å²) in [6.07, 6.45) is 1.94. The number of hydrogen-bond acceptors (Lipinski definition) is 8. The van der Waals surface area contributed by atoms with Gasteiger partial charge >= 0.3 is 5.97 Å². The van der Waals surface area contributed by atoms with Crippen LogP contribution in [0.3, 0.4) is 0 Å². The smallest absolute Gasteiger partial charge is 0.338 e. The minimum Gasteiger partial charge on any atom is -0.454 e. The van der Waals surface area contributed by atoms with Gasteiger partial charge < -0.3 is 18.9 Å². The molecule has 6 rings (SSSR count). The van der Waals surface area contributed by atoms with E-state index in [0.717, 1.165) is 31.0 Å². The van der Waals surface area contributed by atoms with E-state index in [1.807, 2.05) is 6.08 Å². The number of nitro groups is 1. The van der Waals surface area contributed by atoms with Gasteiger partial charge in [0.05, 0.1) is 16.6 Å². The minimum absolute atomic E-state index is 0.0734. The van der Waals surface area contributed by atoms with E-state index in [0.29, 0.717) is 0 Å². The summed E-state index contributed by atoms with van der Waals surface area (Å²) in [5.41, 5.74) is 3.90. The molecular formula is C24H22N2O7. The molecule has 2 aromatic rings. The van der Waals surface area contributed by atoms with Crippen molar-refractivity contribution in [3.05, 3.63) is 74.9 Å². The second kappa shape index (κ2) is 7.57. The average Bonchev–Trinajstić information content (AvgIpc) is 3.39. The van der Waals surface area contributed by atoms with Gasteiger partial charge in [-0.05, 0) is 53.5 Å². The lowest BCUT2D eigenvalue weighted by Gasteiger charge is -2.34. The van der Waals surface area contributed by atoms with E-state index >= 15 is 0 Å². The Labute approximate surface area is 189 Å². The molecule has 0 N–H and O–H groups in total. The summed E-state index contributed by atoms with van der Waals surface area (Å²) in [7, 11) is 1.63. The number of non-ortho nitro benzene ring substituents is 1. The normalized spacial score (nSPS) is 28.5. The Bertz CT molecular complexity index is 1180. The van der Waals surface area contributed by atoms with Crippen molar-refractivity contribution >= 4 is 11.7 Å². The molecule has 0 aromatic heterocycles. The van der Waals surface area contributed by atoms with Gasteiger partial charge in [-0.2, -0.15) is 0 Å². The first-order chi connectivity index (χ1) is 16.0. The van der Waals surface area contributed by atoms with Crippen LogP contribution in [0.5, 0.6) is 11.5 Å². The van der Waals surface area contributed by atoms with Gasteiger partial charge in [-0.15, -0.1) is 0 Å². The van der Waals surface area contributed by atoms with Gasteiger partial charge in [0.15, 0.2) is 11.5 Å². The predicted molar refractivity (Wildman–Crippen MR) is 115 cm³/mol. The maximum Gasteiger partial charge on any atom is 0.338 e. The Morgan fingerprint density at radius 1 is 1.18 bits per heavy atom. The maximum absolute atomic E-state index is 12.8. The first-order valence-electron chi connectivity index (χ1n) is 10.9. The van der Waals surface area contributed by atoms with Crippen molar-refractivity contribution in [2.75, 3.05) is 20.4 Å². The lowest BCUT2D eigenvalue weighted by atomic mass is 9.82. The molecule has 4 aliphatic rings. The van der Waals surface area contributed by atoms with Crippen LogP contribution in [0.4, 0.5) is 5.69 Å². The molecule has 5 atom stereocenters. The molecule has 1 fully saturated rings. The van der Waals surface area contributed by atoms with Gasteiger partial charge in [0, 0.05) is 44.3 Å². The van der Waals surface area contributed by atoms with Crippen molar-refractivity contribution in [1.82, 2.24) is 4.90 Å². The van der Waals surface area contributed by atoms with Gasteiger partial charge in [0.1, 0.15) is 6.10 Å². The van der Waals surface area contributed by atoms with E-state index in [9.17, 15) is 14.9 Å². The van der Waals surface area contributed by atoms with Crippen LogP contribution in [0, 0.1) is 10.1 Å². The van der Waals surface area contributed by atoms with E-state index in [1.54, 1.807) is 7.11 Å². The summed E-state index contributed by atoms with van der Waals surface area (Å²) in [5.74, 6) is 1.24. The molecule has 170 valence electrons.